The Morgan fingerprint density at radius 2 is 0.947 bits per heavy atom. The second kappa shape index (κ2) is 11.9. The molecule has 0 bridgehead atoms. The van der Waals surface area contributed by atoms with Crippen LogP contribution in [0.25, 0.3) is 60.5 Å². The molecule has 1 spiro atoms. The highest BCUT2D eigenvalue weighted by molar-refractivity contribution is 6.13. The zero-order valence-corrected chi connectivity index (χ0v) is 31.9. The van der Waals surface area contributed by atoms with E-state index in [0.29, 0.717) is 0 Å². The van der Waals surface area contributed by atoms with Gasteiger partial charge in [-0.05, 0) is 117 Å². The van der Waals surface area contributed by atoms with Crippen LogP contribution in [0.1, 0.15) is 33.4 Å². The van der Waals surface area contributed by atoms with Crippen LogP contribution in [0, 0.1) is 13.8 Å². The van der Waals surface area contributed by atoms with Gasteiger partial charge in [0.1, 0.15) is 0 Å². The molecule has 0 unspecified atom stereocenters. The van der Waals surface area contributed by atoms with Crippen LogP contribution in [-0.4, -0.2) is 4.57 Å². The van der Waals surface area contributed by atoms with E-state index in [-0.39, 0.29) is 0 Å². The number of rotatable bonds is 4. The van der Waals surface area contributed by atoms with Gasteiger partial charge >= 0.3 is 0 Å². The Labute approximate surface area is 332 Å². The van der Waals surface area contributed by atoms with Crippen LogP contribution in [0.3, 0.4) is 0 Å². The lowest BCUT2D eigenvalue weighted by Crippen LogP contribution is -2.26. The monoisotopic (exact) mass is 726 g/mol. The first-order chi connectivity index (χ1) is 28.1. The summed E-state index contributed by atoms with van der Waals surface area (Å²) in [4.78, 5) is 2.51. The van der Waals surface area contributed by atoms with Crippen LogP contribution in [0.5, 0.6) is 0 Å². The summed E-state index contributed by atoms with van der Waals surface area (Å²) in [5.41, 5.74) is 19.7. The molecule has 12 rings (SSSR count). The number of aromatic nitrogens is 1. The van der Waals surface area contributed by atoms with Crippen LogP contribution in [0.2, 0.25) is 0 Å². The van der Waals surface area contributed by atoms with E-state index in [0.717, 1.165) is 5.69 Å². The van der Waals surface area contributed by atoms with Crippen LogP contribution >= 0.6 is 0 Å². The lowest BCUT2D eigenvalue weighted by atomic mass is 9.70. The predicted molar refractivity (Wildman–Crippen MR) is 239 cm³/mol. The van der Waals surface area contributed by atoms with E-state index < -0.39 is 5.41 Å². The largest absolute Gasteiger partial charge is 0.309 e. The van der Waals surface area contributed by atoms with Crippen molar-refractivity contribution in [1.82, 2.24) is 4.57 Å². The van der Waals surface area contributed by atoms with Crippen molar-refractivity contribution in [2.75, 3.05) is 4.90 Å². The molecule has 2 heteroatoms. The van der Waals surface area contributed by atoms with Gasteiger partial charge in [-0.1, -0.05) is 152 Å². The molecule has 0 fully saturated rings. The maximum Gasteiger partial charge on any atom is 0.0727 e. The molecule has 0 N–H and O–H groups in total. The zero-order chi connectivity index (χ0) is 37.8. The number of para-hydroxylation sites is 4. The molecule has 0 radical (unpaired) electrons. The number of hydrogen-bond donors (Lipinski definition) is 0. The van der Waals surface area contributed by atoms with E-state index in [1.807, 2.05) is 0 Å². The van der Waals surface area contributed by atoms with Crippen molar-refractivity contribution in [2.45, 2.75) is 19.3 Å². The van der Waals surface area contributed by atoms with Crippen molar-refractivity contribution in [3.05, 3.63) is 228 Å². The average Bonchev–Trinajstić information content (AvgIpc) is 3.87. The van der Waals surface area contributed by atoms with E-state index in [2.05, 4.69) is 217 Å². The normalized spacial score (nSPS) is 13.2. The SMILES string of the molecule is Cc1cccc(C)c1N(c1ccccc1)c1cc2c(c3ccccc13)-c1ccc(-n3c4ccccc4c4ccccc43)cc1C21c2ccccc2-c2ccccc21. The summed E-state index contributed by atoms with van der Waals surface area (Å²) in [7, 11) is 0. The maximum absolute atomic E-state index is 2.55. The van der Waals surface area contributed by atoms with Gasteiger partial charge in [0.05, 0.1) is 27.8 Å². The topological polar surface area (TPSA) is 8.17 Å². The standard InChI is InChI=1S/C55H38N2/c1-35-17-16-18-36(2)54(35)57(37-19-4-3-5-20-37)52-34-49-53(44-26-7-6-25-43(44)52)45-32-31-38(56-50-29-14-10-23-41(50)42-24-11-15-30-51(42)56)33-48(45)55(49)46-27-12-8-21-39(46)40-22-9-13-28-47(40)55/h3-34H,1-2H3. The summed E-state index contributed by atoms with van der Waals surface area (Å²) in [5.74, 6) is 0. The Morgan fingerprint density at radius 1 is 0.404 bits per heavy atom. The summed E-state index contributed by atoms with van der Waals surface area (Å²) in [6, 6.07) is 72.4. The third-order valence-corrected chi connectivity index (χ3v) is 12.8. The fourth-order valence-electron chi connectivity index (χ4n) is 10.6. The Morgan fingerprint density at radius 3 is 1.60 bits per heavy atom. The first-order valence-electron chi connectivity index (χ1n) is 19.9. The minimum Gasteiger partial charge on any atom is -0.309 e. The molecule has 0 saturated heterocycles. The molecule has 2 aliphatic carbocycles. The molecule has 10 aromatic rings. The second-order valence-electron chi connectivity index (χ2n) is 15.7. The van der Waals surface area contributed by atoms with E-state index in [1.165, 1.54) is 105 Å². The number of fused-ring (bicyclic) bond motifs is 15. The van der Waals surface area contributed by atoms with Crippen molar-refractivity contribution in [1.29, 1.82) is 0 Å². The fraction of sp³-hybridized carbons (Fsp3) is 0.0545. The van der Waals surface area contributed by atoms with Crippen LogP contribution < -0.4 is 4.90 Å². The average molecular weight is 727 g/mol. The number of nitrogens with zero attached hydrogens (tertiary/aromatic N) is 2. The van der Waals surface area contributed by atoms with Crippen molar-refractivity contribution >= 4 is 49.6 Å². The smallest absolute Gasteiger partial charge is 0.0727 e. The zero-order valence-electron chi connectivity index (χ0n) is 31.9. The lowest BCUT2D eigenvalue weighted by Gasteiger charge is -2.34. The van der Waals surface area contributed by atoms with Crippen molar-refractivity contribution in [3.8, 4) is 27.9 Å². The molecule has 268 valence electrons. The molecule has 0 amide bonds. The highest BCUT2D eigenvalue weighted by atomic mass is 15.1. The molecule has 1 heterocycles. The van der Waals surface area contributed by atoms with Gasteiger partial charge in [0.2, 0.25) is 0 Å². The summed E-state index contributed by atoms with van der Waals surface area (Å²) in [5, 5.41) is 5.04. The molecular weight excluding hydrogens is 689 g/mol. The Bertz CT molecular complexity index is 3160. The van der Waals surface area contributed by atoms with Gasteiger partial charge in [0.25, 0.3) is 0 Å². The number of hydrogen-bond acceptors (Lipinski definition) is 1. The quantitative estimate of drug-likeness (QED) is 0.175. The molecule has 2 aliphatic rings. The Kier molecular flexibility index (Phi) is 6.72. The van der Waals surface area contributed by atoms with Gasteiger partial charge < -0.3 is 9.47 Å². The molecular formula is C55H38N2. The number of benzene rings is 9. The van der Waals surface area contributed by atoms with E-state index in [1.54, 1.807) is 0 Å². The molecule has 0 saturated carbocycles. The minimum atomic E-state index is -0.547. The van der Waals surface area contributed by atoms with Gasteiger partial charge in [-0.25, -0.2) is 0 Å². The van der Waals surface area contributed by atoms with Crippen LogP contribution in [0.4, 0.5) is 17.1 Å². The van der Waals surface area contributed by atoms with Crippen molar-refractivity contribution < 1.29 is 0 Å². The highest BCUT2D eigenvalue weighted by Crippen LogP contribution is 2.65. The summed E-state index contributed by atoms with van der Waals surface area (Å²) in [6.45, 7) is 4.48. The Hall–Kier alpha value is -7.16. The highest BCUT2D eigenvalue weighted by Gasteiger charge is 2.52. The van der Waals surface area contributed by atoms with E-state index in [9.17, 15) is 0 Å². The first kappa shape index (κ1) is 32.1. The third kappa shape index (κ3) is 4.25. The second-order valence-corrected chi connectivity index (χ2v) is 15.7. The number of aryl methyl sites for hydroxylation is 2. The van der Waals surface area contributed by atoms with Crippen LogP contribution in [0.15, 0.2) is 194 Å². The van der Waals surface area contributed by atoms with Gasteiger partial charge in [-0.3, -0.25) is 0 Å². The molecule has 9 aromatic carbocycles. The molecule has 0 atom stereocenters. The minimum absolute atomic E-state index is 0.547. The molecule has 1 aromatic heterocycles. The third-order valence-electron chi connectivity index (χ3n) is 12.8. The molecule has 2 nitrogen and oxygen atoms in total. The fourth-order valence-corrected chi connectivity index (χ4v) is 10.6. The Balaban J connectivity index is 1.24. The molecule has 57 heavy (non-hydrogen) atoms. The van der Waals surface area contributed by atoms with Gasteiger partial charge in [-0.2, -0.15) is 0 Å². The molecule has 0 aliphatic heterocycles. The number of anilines is 3. The van der Waals surface area contributed by atoms with Crippen molar-refractivity contribution in [2.24, 2.45) is 0 Å². The summed E-state index contributed by atoms with van der Waals surface area (Å²) < 4.78 is 2.47. The van der Waals surface area contributed by atoms with Crippen LogP contribution in [-0.2, 0) is 5.41 Å². The van der Waals surface area contributed by atoms with Gasteiger partial charge in [0.15, 0.2) is 0 Å². The predicted octanol–water partition coefficient (Wildman–Crippen LogP) is 14.4. The summed E-state index contributed by atoms with van der Waals surface area (Å²) in [6.07, 6.45) is 0. The summed E-state index contributed by atoms with van der Waals surface area (Å²) >= 11 is 0. The van der Waals surface area contributed by atoms with Gasteiger partial charge in [0, 0.05) is 27.5 Å². The first-order valence-corrected chi connectivity index (χ1v) is 19.9. The van der Waals surface area contributed by atoms with E-state index in [4.69, 9.17) is 0 Å². The van der Waals surface area contributed by atoms with Crippen molar-refractivity contribution in [3.63, 3.8) is 0 Å². The maximum atomic E-state index is 2.55. The van der Waals surface area contributed by atoms with E-state index >= 15 is 0 Å². The van der Waals surface area contributed by atoms with Gasteiger partial charge in [-0.15, -0.1) is 0 Å². The lowest BCUT2D eigenvalue weighted by molar-refractivity contribution is 0.793.